The second-order valence-electron chi connectivity index (χ2n) is 10.2. The van der Waals surface area contributed by atoms with E-state index in [1.165, 1.54) is 53.9 Å². The standard InChI is InChI=1S/C36H27Br/c37-36-32-20-18-28(24-9-3-1-4-10-24)22-33(32)35(30-16-15-26-13-7-8-14-27(26)21-30)31-19-17-29(23-34(31)36)25-11-5-2-6-12-25/h1-20,22-23,27,31,34H,21H2. The molecule has 1 heteroatoms. The average molecular weight is 540 g/mol. The van der Waals surface area contributed by atoms with Gasteiger partial charge in [-0.2, -0.15) is 0 Å². The van der Waals surface area contributed by atoms with Crippen LogP contribution in [0.25, 0.3) is 26.8 Å². The summed E-state index contributed by atoms with van der Waals surface area (Å²) < 4.78 is 1.28. The molecule has 0 aliphatic heterocycles. The lowest BCUT2D eigenvalue weighted by Gasteiger charge is -2.35. The van der Waals surface area contributed by atoms with E-state index in [1.807, 2.05) is 0 Å². The minimum Gasteiger partial charge on any atom is -0.0767 e. The highest BCUT2D eigenvalue weighted by Gasteiger charge is 2.33. The van der Waals surface area contributed by atoms with Gasteiger partial charge in [0.1, 0.15) is 0 Å². The zero-order chi connectivity index (χ0) is 24.8. The molecule has 7 rings (SSSR count). The molecule has 0 aromatic heterocycles. The van der Waals surface area contributed by atoms with Gasteiger partial charge in [-0.25, -0.2) is 0 Å². The molecular formula is C36H27Br. The molecule has 0 saturated heterocycles. The van der Waals surface area contributed by atoms with Crippen LogP contribution >= 0.6 is 15.9 Å². The summed E-state index contributed by atoms with van der Waals surface area (Å²) in [6.07, 6.45) is 21.9. The second-order valence-corrected chi connectivity index (χ2v) is 11.1. The topological polar surface area (TPSA) is 0 Å². The number of hydrogen-bond donors (Lipinski definition) is 0. The summed E-state index contributed by atoms with van der Waals surface area (Å²) in [5.41, 5.74) is 9.43. The zero-order valence-corrected chi connectivity index (χ0v) is 22.1. The van der Waals surface area contributed by atoms with Gasteiger partial charge in [0, 0.05) is 22.2 Å². The lowest BCUT2D eigenvalue weighted by Crippen LogP contribution is -2.39. The minimum absolute atomic E-state index is 0.276. The van der Waals surface area contributed by atoms with E-state index in [9.17, 15) is 0 Å². The molecule has 0 saturated carbocycles. The first-order chi connectivity index (χ1) is 18.3. The van der Waals surface area contributed by atoms with E-state index in [4.69, 9.17) is 0 Å². The monoisotopic (exact) mass is 538 g/mol. The zero-order valence-electron chi connectivity index (χ0n) is 20.5. The minimum atomic E-state index is 0.276. The van der Waals surface area contributed by atoms with Crippen molar-refractivity contribution in [1.82, 2.24) is 0 Å². The normalized spacial score (nSPS) is 23.5. The molecule has 0 heterocycles. The van der Waals surface area contributed by atoms with Gasteiger partial charge in [0.05, 0.1) is 0 Å². The van der Waals surface area contributed by atoms with Crippen LogP contribution in [-0.4, -0.2) is 0 Å². The van der Waals surface area contributed by atoms with Crippen LogP contribution in [0, 0.1) is 17.8 Å². The van der Waals surface area contributed by atoms with Gasteiger partial charge in [-0.15, -0.1) is 0 Å². The van der Waals surface area contributed by atoms with Gasteiger partial charge in [-0.05, 0) is 61.9 Å². The van der Waals surface area contributed by atoms with Crippen LogP contribution in [0.1, 0.15) is 12.0 Å². The first kappa shape index (κ1) is 22.5. The average Bonchev–Trinajstić information content (AvgIpc) is 2.98. The van der Waals surface area contributed by atoms with Crippen LogP contribution in [0.3, 0.4) is 0 Å². The lowest BCUT2D eigenvalue weighted by molar-refractivity contribution is 0.680. The smallest absolute Gasteiger partial charge is 0.0203 e. The van der Waals surface area contributed by atoms with E-state index >= 15 is 0 Å². The van der Waals surface area contributed by atoms with Gasteiger partial charge in [0.25, 0.3) is 0 Å². The van der Waals surface area contributed by atoms with E-state index in [2.05, 4.69) is 149 Å². The molecule has 0 N–H and O–H groups in total. The highest BCUT2D eigenvalue weighted by molar-refractivity contribution is 9.14. The molecule has 0 amide bonds. The van der Waals surface area contributed by atoms with E-state index in [0.29, 0.717) is 11.8 Å². The summed E-state index contributed by atoms with van der Waals surface area (Å²) in [7, 11) is 0. The molecule has 3 unspecified atom stereocenters. The van der Waals surface area contributed by atoms with E-state index in [-0.39, 0.29) is 5.92 Å². The lowest BCUT2D eigenvalue weighted by atomic mass is 9.70. The van der Waals surface area contributed by atoms with Crippen molar-refractivity contribution >= 4 is 31.6 Å². The summed E-state index contributed by atoms with van der Waals surface area (Å²) in [6, 6.07) is 28.5. The fourth-order valence-corrected chi connectivity index (χ4v) is 6.97. The van der Waals surface area contributed by atoms with Crippen LogP contribution in [0.2, 0.25) is 0 Å². The Balaban J connectivity index is 1.45. The third kappa shape index (κ3) is 3.99. The molecule has 3 aromatic rings. The van der Waals surface area contributed by atoms with Crippen molar-refractivity contribution in [3.63, 3.8) is 0 Å². The molecule has 0 nitrogen and oxygen atoms in total. The van der Waals surface area contributed by atoms with Crippen molar-refractivity contribution in [3.05, 3.63) is 161 Å². The molecule has 0 spiro atoms. The molecule has 0 fully saturated rings. The van der Waals surface area contributed by atoms with Crippen LogP contribution in [0.4, 0.5) is 0 Å². The maximum Gasteiger partial charge on any atom is 0.0203 e. The molecule has 4 aliphatic rings. The van der Waals surface area contributed by atoms with Crippen molar-refractivity contribution in [1.29, 1.82) is 0 Å². The van der Waals surface area contributed by atoms with Gasteiger partial charge in [-0.1, -0.05) is 143 Å². The summed E-state index contributed by atoms with van der Waals surface area (Å²) in [5, 5.41) is 2.67. The third-order valence-corrected chi connectivity index (χ3v) is 9.03. The SMILES string of the molecule is BrC1=c2ccc(-c3ccccc3)cc2=C(C2=CC=C3C=CC=CC3C2)C2C=CC(c3ccccc3)=CC12. The van der Waals surface area contributed by atoms with Gasteiger partial charge >= 0.3 is 0 Å². The first-order valence-corrected chi connectivity index (χ1v) is 13.9. The predicted octanol–water partition coefficient (Wildman–Crippen LogP) is 7.91. The molecule has 4 aliphatic carbocycles. The molecule has 3 atom stereocenters. The number of fused-ring (bicyclic) bond motifs is 3. The third-order valence-electron chi connectivity index (χ3n) is 8.07. The van der Waals surface area contributed by atoms with Crippen molar-refractivity contribution in [2.24, 2.45) is 17.8 Å². The highest BCUT2D eigenvalue weighted by atomic mass is 79.9. The Kier molecular flexibility index (Phi) is 5.67. The predicted molar refractivity (Wildman–Crippen MR) is 160 cm³/mol. The Morgan fingerprint density at radius 1 is 0.649 bits per heavy atom. The van der Waals surface area contributed by atoms with Gasteiger partial charge < -0.3 is 0 Å². The summed E-state index contributed by atoms with van der Waals surface area (Å²) >= 11 is 4.09. The molecule has 37 heavy (non-hydrogen) atoms. The van der Waals surface area contributed by atoms with Gasteiger partial charge in [0.15, 0.2) is 0 Å². The molecule has 3 aromatic carbocycles. The van der Waals surface area contributed by atoms with Crippen LogP contribution in [-0.2, 0) is 0 Å². The largest absolute Gasteiger partial charge is 0.0767 e. The molecule has 0 radical (unpaired) electrons. The number of rotatable bonds is 3. The highest BCUT2D eigenvalue weighted by Crippen LogP contribution is 2.45. The summed E-state index contributed by atoms with van der Waals surface area (Å²) in [5.74, 6) is 1.03. The first-order valence-electron chi connectivity index (χ1n) is 13.1. The van der Waals surface area contributed by atoms with Crippen LogP contribution in [0.15, 0.2) is 145 Å². The van der Waals surface area contributed by atoms with Gasteiger partial charge in [-0.3, -0.25) is 0 Å². The Hall–Kier alpha value is -3.68. The fraction of sp³-hybridized carbons (Fsp3) is 0.111. The Morgan fingerprint density at radius 2 is 1.43 bits per heavy atom. The Labute approximate surface area is 226 Å². The van der Waals surface area contributed by atoms with Crippen molar-refractivity contribution in [2.75, 3.05) is 0 Å². The van der Waals surface area contributed by atoms with Crippen LogP contribution in [0.5, 0.6) is 0 Å². The van der Waals surface area contributed by atoms with E-state index in [0.717, 1.165) is 6.42 Å². The summed E-state index contributed by atoms with van der Waals surface area (Å²) in [4.78, 5) is 0. The molecular weight excluding hydrogens is 512 g/mol. The number of benzene rings is 3. The quantitative estimate of drug-likeness (QED) is 0.317. The van der Waals surface area contributed by atoms with Gasteiger partial charge in [0.2, 0.25) is 0 Å². The van der Waals surface area contributed by atoms with Crippen LogP contribution < -0.4 is 10.4 Å². The van der Waals surface area contributed by atoms with E-state index < -0.39 is 0 Å². The van der Waals surface area contributed by atoms with Crippen molar-refractivity contribution in [3.8, 4) is 11.1 Å². The van der Waals surface area contributed by atoms with Crippen molar-refractivity contribution in [2.45, 2.75) is 6.42 Å². The number of allylic oxidation sites excluding steroid dienone is 12. The maximum atomic E-state index is 4.09. The maximum absolute atomic E-state index is 4.09. The Bertz CT molecular complexity index is 1690. The van der Waals surface area contributed by atoms with E-state index in [1.54, 1.807) is 0 Å². The number of halogens is 1. The fourth-order valence-electron chi connectivity index (χ4n) is 6.21. The Morgan fingerprint density at radius 3 is 2.24 bits per heavy atom. The number of hydrogen-bond acceptors (Lipinski definition) is 0. The van der Waals surface area contributed by atoms with Crippen molar-refractivity contribution < 1.29 is 0 Å². The molecule has 178 valence electrons. The second kappa shape index (κ2) is 9.32. The summed E-state index contributed by atoms with van der Waals surface area (Å²) in [6.45, 7) is 0. The molecule has 0 bridgehead atoms.